The van der Waals surface area contributed by atoms with Crippen molar-refractivity contribution in [2.24, 2.45) is 0 Å². The van der Waals surface area contributed by atoms with E-state index in [-0.39, 0.29) is 5.56 Å². The fraction of sp³-hybridized carbons (Fsp3) is 0.176. The van der Waals surface area contributed by atoms with Crippen molar-refractivity contribution in [3.63, 3.8) is 0 Å². The van der Waals surface area contributed by atoms with Gasteiger partial charge in [-0.15, -0.1) is 0 Å². The van der Waals surface area contributed by atoms with Crippen LogP contribution in [0.15, 0.2) is 60.7 Å². The van der Waals surface area contributed by atoms with Crippen LogP contribution in [0.2, 0.25) is 0 Å². The molecule has 2 aromatic rings. The predicted molar refractivity (Wildman–Crippen MR) is 84.2 cm³/mol. The lowest BCUT2D eigenvalue weighted by molar-refractivity contribution is 0.0777. The molecular weight excluding hydrogens is 302 g/mol. The highest BCUT2D eigenvalue weighted by molar-refractivity contribution is 7.65. The van der Waals surface area contributed by atoms with Crippen molar-refractivity contribution in [3.05, 3.63) is 71.8 Å². The number of aliphatic hydroxyl groups is 1. The highest BCUT2D eigenvalue weighted by Crippen LogP contribution is 2.61. The average molecular weight is 318 g/mol. The van der Waals surface area contributed by atoms with Gasteiger partial charge in [-0.05, 0) is 23.4 Å². The Morgan fingerprint density at radius 1 is 1.14 bits per heavy atom. The summed E-state index contributed by atoms with van der Waals surface area (Å²) in [4.78, 5) is 0. The number of halogens is 1. The molecule has 0 saturated heterocycles. The van der Waals surface area contributed by atoms with Crippen LogP contribution in [0.5, 0.6) is 0 Å². The summed E-state index contributed by atoms with van der Waals surface area (Å²) in [7, 11) is -2.83. The van der Waals surface area contributed by atoms with E-state index in [1.807, 2.05) is 6.07 Å². The SMILES string of the molecule is CO[P@@](=O)(C#Cc1ccccc1)[C@](O)(CF)c1ccccc1. The molecule has 0 aliphatic rings. The quantitative estimate of drug-likeness (QED) is 0.690. The smallest absolute Gasteiger partial charge is 0.311 e. The van der Waals surface area contributed by atoms with Crippen LogP contribution >= 0.6 is 7.37 Å². The molecule has 1 N–H and O–H groups in total. The van der Waals surface area contributed by atoms with Gasteiger partial charge in [-0.3, -0.25) is 4.57 Å². The third-order valence-electron chi connectivity index (χ3n) is 3.29. The molecule has 0 unspecified atom stereocenters. The Kier molecular flexibility index (Phi) is 5.15. The van der Waals surface area contributed by atoms with Gasteiger partial charge < -0.3 is 9.63 Å². The second kappa shape index (κ2) is 6.89. The van der Waals surface area contributed by atoms with Gasteiger partial charge in [0.25, 0.3) is 0 Å². The van der Waals surface area contributed by atoms with E-state index >= 15 is 0 Å². The van der Waals surface area contributed by atoms with Gasteiger partial charge in [0, 0.05) is 12.7 Å². The van der Waals surface area contributed by atoms with Crippen molar-refractivity contribution in [2.45, 2.75) is 5.34 Å². The molecule has 2 atom stereocenters. The Balaban J connectivity index is 2.48. The van der Waals surface area contributed by atoms with E-state index in [0.717, 1.165) is 7.11 Å². The van der Waals surface area contributed by atoms with Gasteiger partial charge >= 0.3 is 7.37 Å². The first-order valence-electron chi connectivity index (χ1n) is 6.64. The van der Waals surface area contributed by atoms with Crippen LogP contribution in [0.3, 0.4) is 0 Å². The molecule has 0 aromatic heterocycles. The van der Waals surface area contributed by atoms with E-state index in [9.17, 15) is 14.1 Å². The molecule has 3 nitrogen and oxygen atoms in total. The monoisotopic (exact) mass is 318 g/mol. The lowest BCUT2D eigenvalue weighted by Crippen LogP contribution is -2.28. The minimum Gasteiger partial charge on any atom is -0.372 e. The van der Waals surface area contributed by atoms with E-state index in [1.54, 1.807) is 42.5 Å². The van der Waals surface area contributed by atoms with Crippen LogP contribution < -0.4 is 0 Å². The minimum absolute atomic E-state index is 0.171. The summed E-state index contributed by atoms with van der Waals surface area (Å²) in [6, 6.07) is 16.8. The second-order valence-corrected chi connectivity index (χ2v) is 7.08. The standard InChI is InChI=1S/C17H16FO3P/c1-21-22(20,13-12-15-8-4-2-5-9-15)17(19,14-18)16-10-6-3-7-11-16/h2-11,19H,14H2,1H3/t17-,22+/m1/s1. The molecule has 114 valence electrons. The lowest BCUT2D eigenvalue weighted by Gasteiger charge is -2.29. The van der Waals surface area contributed by atoms with E-state index in [4.69, 9.17) is 4.52 Å². The Bertz CT molecular complexity index is 722. The van der Waals surface area contributed by atoms with Gasteiger partial charge in [-0.25, -0.2) is 4.39 Å². The molecule has 0 saturated carbocycles. The maximum absolute atomic E-state index is 13.6. The van der Waals surface area contributed by atoms with Gasteiger partial charge in [0.2, 0.25) is 5.34 Å². The molecule has 0 aliphatic heterocycles. The zero-order valence-electron chi connectivity index (χ0n) is 12.1. The number of benzene rings is 2. The summed E-state index contributed by atoms with van der Waals surface area (Å²) in [5.74, 6) is 2.68. The van der Waals surface area contributed by atoms with Crippen molar-refractivity contribution in [1.29, 1.82) is 0 Å². The summed E-state index contributed by atoms with van der Waals surface area (Å²) in [5, 5.41) is 8.34. The van der Waals surface area contributed by atoms with Gasteiger partial charge in [-0.1, -0.05) is 54.5 Å². The summed E-state index contributed by atoms with van der Waals surface area (Å²) in [5.41, 5.74) is 3.22. The first-order chi connectivity index (χ1) is 10.6. The van der Waals surface area contributed by atoms with E-state index in [0.29, 0.717) is 5.56 Å². The third kappa shape index (κ3) is 3.13. The topological polar surface area (TPSA) is 46.5 Å². The number of rotatable bonds is 4. The van der Waals surface area contributed by atoms with Crippen molar-refractivity contribution in [2.75, 3.05) is 13.8 Å². The highest BCUT2D eigenvalue weighted by atomic mass is 31.2. The molecule has 0 aliphatic carbocycles. The summed E-state index contributed by atoms with van der Waals surface area (Å²) < 4.78 is 31.5. The fourth-order valence-electron chi connectivity index (χ4n) is 1.98. The van der Waals surface area contributed by atoms with Crippen LogP contribution in [0.1, 0.15) is 11.1 Å². The number of hydrogen-bond acceptors (Lipinski definition) is 3. The molecule has 0 bridgehead atoms. The van der Waals surface area contributed by atoms with Crippen LogP contribution in [0, 0.1) is 11.6 Å². The van der Waals surface area contributed by atoms with E-state index < -0.39 is 19.4 Å². The maximum Gasteiger partial charge on any atom is 0.311 e. The van der Waals surface area contributed by atoms with Crippen LogP contribution in [-0.4, -0.2) is 18.9 Å². The van der Waals surface area contributed by atoms with Gasteiger partial charge in [0.15, 0.2) is 0 Å². The summed E-state index contributed by atoms with van der Waals surface area (Å²) in [6.45, 7) is -1.26. The van der Waals surface area contributed by atoms with Crippen LogP contribution in [-0.2, 0) is 14.4 Å². The molecule has 0 radical (unpaired) electrons. The average Bonchev–Trinajstić information content (AvgIpc) is 2.60. The molecule has 5 heteroatoms. The van der Waals surface area contributed by atoms with Gasteiger partial charge in [-0.2, -0.15) is 0 Å². The van der Waals surface area contributed by atoms with Crippen molar-refractivity contribution < 1.29 is 18.6 Å². The zero-order chi connectivity index (χ0) is 16.1. The molecule has 0 heterocycles. The normalized spacial score (nSPS) is 16.0. The van der Waals surface area contributed by atoms with Gasteiger partial charge in [0.1, 0.15) is 6.67 Å². The molecular formula is C17H16FO3P. The van der Waals surface area contributed by atoms with Crippen LogP contribution in [0.4, 0.5) is 4.39 Å². The molecule has 2 aromatic carbocycles. The molecule has 2 rings (SSSR count). The highest BCUT2D eigenvalue weighted by Gasteiger charge is 2.48. The largest absolute Gasteiger partial charge is 0.372 e. The third-order valence-corrected chi connectivity index (χ3v) is 5.56. The number of alkyl halides is 1. The Morgan fingerprint density at radius 3 is 2.18 bits per heavy atom. The molecule has 0 spiro atoms. The second-order valence-electron chi connectivity index (χ2n) is 4.65. The summed E-state index contributed by atoms with van der Waals surface area (Å²) >= 11 is 0. The summed E-state index contributed by atoms with van der Waals surface area (Å²) in [6.07, 6.45) is 0. The first kappa shape index (κ1) is 16.5. The van der Waals surface area contributed by atoms with Crippen molar-refractivity contribution in [1.82, 2.24) is 0 Å². The zero-order valence-corrected chi connectivity index (χ0v) is 13.0. The minimum atomic E-state index is -3.99. The Labute approximate surface area is 129 Å². The molecule has 0 amide bonds. The van der Waals surface area contributed by atoms with Crippen LogP contribution in [0.25, 0.3) is 0 Å². The Morgan fingerprint density at radius 2 is 1.68 bits per heavy atom. The lowest BCUT2D eigenvalue weighted by atomic mass is 10.1. The maximum atomic E-state index is 13.6. The van der Waals surface area contributed by atoms with Gasteiger partial charge in [0.05, 0.1) is 0 Å². The first-order valence-corrected chi connectivity index (χ1v) is 8.26. The van der Waals surface area contributed by atoms with Crippen molar-refractivity contribution in [3.8, 4) is 11.6 Å². The Hall–Kier alpha value is -1.92. The molecule has 0 fully saturated rings. The predicted octanol–water partition coefficient (Wildman–Crippen LogP) is 3.73. The van der Waals surface area contributed by atoms with E-state index in [2.05, 4.69) is 11.6 Å². The number of hydrogen-bond donors (Lipinski definition) is 1. The molecule has 22 heavy (non-hydrogen) atoms. The fourth-order valence-corrected chi connectivity index (χ4v) is 3.48. The van der Waals surface area contributed by atoms with E-state index in [1.165, 1.54) is 12.1 Å². The van der Waals surface area contributed by atoms with Crippen molar-refractivity contribution >= 4 is 7.37 Å².